The molecule has 0 spiro atoms. The molecule has 0 bridgehead atoms. The Kier molecular flexibility index (Phi) is 7.56. The molecule has 0 aliphatic carbocycles. The molecule has 1 saturated heterocycles. The molecule has 1 atom stereocenters. The SMILES string of the molecule is COc1ccc(-c2nnc(SCC3CNC(=C(C#N)c4nnc5n4CCCCC5)S3)n2-c2ccccc2)cc1. The zero-order valence-corrected chi connectivity index (χ0v) is 23.2. The minimum absolute atomic E-state index is 0.269. The third-order valence-electron chi connectivity index (χ3n) is 6.84. The van der Waals surface area contributed by atoms with E-state index in [0.29, 0.717) is 11.4 Å². The summed E-state index contributed by atoms with van der Waals surface area (Å²) in [4.78, 5) is 0. The maximum Gasteiger partial charge on any atom is 0.196 e. The number of hydrogen-bond donors (Lipinski definition) is 1. The molecule has 0 amide bonds. The number of allylic oxidation sites excluding steroid dienone is 1. The molecule has 198 valence electrons. The fourth-order valence-corrected chi connectivity index (χ4v) is 7.11. The van der Waals surface area contributed by atoms with E-state index in [1.165, 1.54) is 6.42 Å². The first kappa shape index (κ1) is 25.5. The van der Waals surface area contributed by atoms with Gasteiger partial charge in [-0.15, -0.1) is 32.2 Å². The molecule has 4 heterocycles. The normalized spacial score (nSPS) is 18.1. The highest BCUT2D eigenvalue weighted by molar-refractivity contribution is 8.06. The number of methoxy groups -OCH3 is 1. The fourth-order valence-electron chi connectivity index (χ4n) is 4.84. The van der Waals surface area contributed by atoms with Crippen LogP contribution < -0.4 is 10.1 Å². The Morgan fingerprint density at radius 2 is 1.92 bits per heavy atom. The van der Waals surface area contributed by atoms with E-state index in [0.717, 1.165) is 76.9 Å². The van der Waals surface area contributed by atoms with Crippen LogP contribution in [-0.4, -0.2) is 54.2 Å². The Labute approximate surface area is 235 Å². The Bertz CT molecular complexity index is 1520. The van der Waals surface area contributed by atoms with Crippen LogP contribution in [0.3, 0.4) is 0 Å². The summed E-state index contributed by atoms with van der Waals surface area (Å²) in [6.07, 6.45) is 4.31. The number of aromatic nitrogens is 6. The molecule has 0 saturated carbocycles. The number of para-hydroxylation sites is 1. The zero-order valence-electron chi connectivity index (χ0n) is 21.6. The summed E-state index contributed by atoms with van der Waals surface area (Å²) < 4.78 is 9.55. The quantitative estimate of drug-likeness (QED) is 0.250. The Morgan fingerprint density at radius 3 is 2.72 bits per heavy atom. The van der Waals surface area contributed by atoms with Crippen LogP contribution in [0.2, 0.25) is 0 Å². The van der Waals surface area contributed by atoms with Gasteiger partial charge in [0.25, 0.3) is 0 Å². The van der Waals surface area contributed by atoms with Gasteiger partial charge >= 0.3 is 0 Å². The Morgan fingerprint density at radius 1 is 1.08 bits per heavy atom. The van der Waals surface area contributed by atoms with Crippen LogP contribution in [0.4, 0.5) is 0 Å². The van der Waals surface area contributed by atoms with Crippen molar-refractivity contribution in [2.75, 3.05) is 19.4 Å². The molecule has 1 N–H and O–H groups in total. The highest BCUT2D eigenvalue weighted by Gasteiger charge is 2.28. The molecular weight excluding hydrogens is 528 g/mol. The first-order valence-electron chi connectivity index (χ1n) is 13.0. The molecule has 2 aromatic heterocycles. The van der Waals surface area contributed by atoms with Gasteiger partial charge in [0.1, 0.15) is 23.2 Å². The largest absolute Gasteiger partial charge is 0.497 e. The second-order valence-electron chi connectivity index (χ2n) is 9.36. The van der Waals surface area contributed by atoms with E-state index >= 15 is 0 Å². The number of hydrogen-bond acceptors (Lipinski definition) is 9. The topological polar surface area (TPSA) is 106 Å². The van der Waals surface area contributed by atoms with Crippen molar-refractivity contribution in [3.8, 4) is 28.9 Å². The fraction of sp³-hybridized carbons (Fsp3) is 0.321. The van der Waals surface area contributed by atoms with E-state index in [2.05, 4.69) is 53.0 Å². The molecule has 2 aromatic carbocycles. The number of fused-ring (bicyclic) bond motifs is 1. The van der Waals surface area contributed by atoms with Gasteiger partial charge in [-0.05, 0) is 49.2 Å². The molecule has 39 heavy (non-hydrogen) atoms. The van der Waals surface area contributed by atoms with E-state index in [9.17, 15) is 5.26 Å². The average molecular weight is 557 g/mol. The van der Waals surface area contributed by atoms with Gasteiger partial charge in [-0.1, -0.05) is 36.4 Å². The van der Waals surface area contributed by atoms with Crippen LogP contribution in [0.5, 0.6) is 5.75 Å². The van der Waals surface area contributed by atoms with Gasteiger partial charge in [0, 0.05) is 41.8 Å². The second kappa shape index (κ2) is 11.6. The summed E-state index contributed by atoms with van der Waals surface area (Å²) in [5.41, 5.74) is 2.56. The maximum absolute atomic E-state index is 10.1. The van der Waals surface area contributed by atoms with Crippen molar-refractivity contribution in [3.63, 3.8) is 0 Å². The number of aryl methyl sites for hydroxylation is 1. The van der Waals surface area contributed by atoms with Crippen molar-refractivity contribution in [3.05, 3.63) is 71.3 Å². The first-order valence-corrected chi connectivity index (χ1v) is 14.9. The van der Waals surface area contributed by atoms with Crippen molar-refractivity contribution < 1.29 is 4.74 Å². The zero-order chi connectivity index (χ0) is 26.6. The number of nitrogens with zero attached hydrogens (tertiary/aromatic N) is 7. The molecule has 11 heteroatoms. The Balaban J connectivity index is 1.22. The van der Waals surface area contributed by atoms with Crippen LogP contribution >= 0.6 is 23.5 Å². The Hall–Kier alpha value is -3.75. The molecule has 4 aromatic rings. The summed E-state index contributed by atoms with van der Waals surface area (Å²) in [5.74, 6) is 4.06. The predicted octanol–water partition coefficient (Wildman–Crippen LogP) is 4.95. The van der Waals surface area contributed by atoms with Crippen LogP contribution in [0, 0.1) is 11.3 Å². The smallest absolute Gasteiger partial charge is 0.196 e. The van der Waals surface area contributed by atoms with Gasteiger partial charge in [0.15, 0.2) is 16.8 Å². The second-order valence-corrected chi connectivity index (χ2v) is 11.7. The van der Waals surface area contributed by atoms with Gasteiger partial charge in [-0.2, -0.15) is 5.26 Å². The standard InChI is InChI=1S/C28H28N8OS2/c1-37-21-13-11-19(12-14-21)25-32-34-28(36(25)20-8-4-2-5-9-20)38-18-22-17-30-27(39-22)23(16-29)26-33-31-24-10-6-3-7-15-35(24)26/h2,4-5,8-9,11-14,22,30H,3,6-7,10,15,17-18H2,1H3. The molecule has 9 nitrogen and oxygen atoms in total. The summed E-state index contributed by atoms with van der Waals surface area (Å²) in [6, 6.07) is 20.4. The van der Waals surface area contributed by atoms with E-state index in [4.69, 9.17) is 4.74 Å². The lowest BCUT2D eigenvalue weighted by molar-refractivity contribution is 0.415. The number of benzene rings is 2. The average Bonchev–Trinajstić information content (AvgIpc) is 3.68. The van der Waals surface area contributed by atoms with Crippen LogP contribution in [0.25, 0.3) is 22.6 Å². The minimum atomic E-state index is 0.269. The van der Waals surface area contributed by atoms with Gasteiger partial charge in [-0.3, -0.25) is 4.57 Å². The van der Waals surface area contributed by atoms with E-state index < -0.39 is 0 Å². The third kappa shape index (κ3) is 5.27. The summed E-state index contributed by atoms with van der Waals surface area (Å²) in [6.45, 7) is 1.63. The summed E-state index contributed by atoms with van der Waals surface area (Å²) >= 11 is 3.37. The predicted molar refractivity (Wildman–Crippen MR) is 154 cm³/mol. The summed E-state index contributed by atoms with van der Waals surface area (Å²) in [5, 5.41) is 33.4. The van der Waals surface area contributed by atoms with Crippen molar-refractivity contribution in [1.82, 2.24) is 34.8 Å². The number of thioether (sulfide) groups is 2. The molecule has 6 rings (SSSR count). The van der Waals surface area contributed by atoms with Crippen molar-refractivity contribution in [2.24, 2.45) is 0 Å². The van der Waals surface area contributed by atoms with Gasteiger partial charge in [0.05, 0.1) is 12.1 Å². The number of nitriles is 1. The lowest BCUT2D eigenvalue weighted by atomic mass is 10.2. The van der Waals surface area contributed by atoms with Crippen LogP contribution in [0.15, 0.2) is 64.8 Å². The van der Waals surface area contributed by atoms with E-state index in [-0.39, 0.29) is 5.25 Å². The van der Waals surface area contributed by atoms with Crippen molar-refractivity contribution >= 4 is 29.1 Å². The third-order valence-corrected chi connectivity index (χ3v) is 9.39. The van der Waals surface area contributed by atoms with Gasteiger partial charge in [-0.25, -0.2) is 0 Å². The van der Waals surface area contributed by atoms with Gasteiger partial charge in [0.2, 0.25) is 0 Å². The monoisotopic (exact) mass is 556 g/mol. The molecule has 0 radical (unpaired) electrons. The van der Waals surface area contributed by atoms with Crippen LogP contribution in [0.1, 0.15) is 30.9 Å². The first-order chi connectivity index (χ1) is 19.2. The summed E-state index contributed by atoms with van der Waals surface area (Å²) in [7, 11) is 1.66. The number of nitrogens with one attached hydrogen (secondary N) is 1. The maximum atomic E-state index is 10.1. The molecule has 1 unspecified atom stereocenters. The lowest BCUT2D eigenvalue weighted by Crippen LogP contribution is -2.15. The lowest BCUT2D eigenvalue weighted by Gasteiger charge is -2.12. The molecule has 2 aliphatic rings. The van der Waals surface area contributed by atoms with E-state index in [1.54, 1.807) is 30.6 Å². The van der Waals surface area contributed by atoms with E-state index in [1.807, 2.05) is 42.5 Å². The van der Waals surface area contributed by atoms with Gasteiger partial charge < -0.3 is 14.6 Å². The van der Waals surface area contributed by atoms with Crippen molar-refractivity contribution in [2.45, 2.75) is 42.6 Å². The number of ether oxygens (including phenoxy) is 1. The highest BCUT2D eigenvalue weighted by atomic mass is 32.2. The molecular formula is C28H28N8OS2. The van der Waals surface area contributed by atoms with Crippen molar-refractivity contribution in [1.29, 1.82) is 5.26 Å². The minimum Gasteiger partial charge on any atom is -0.497 e. The molecule has 1 fully saturated rings. The van der Waals surface area contributed by atoms with Crippen LogP contribution in [-0.2, 0) is 13.0 Å². The molecule has 2 aliphatic heterocycles. The number of rotatable bonds is 7. The highest BCUT2D eigenvalue weighted by Crippen LogP contribution is 2.36.